The third kappa shape index (κ3) is 3.68. The van der Waals surface area contributed by atoms with Crippen LogP contribution in [-0.2, 0) is 17.6 Å². The van der Waals surface area contributed by atoms with Crippen LogP contribution >= 0.6 is 0 Å². The maximum Gasteiger partial charge on any atom is 0.227 e. The van der Waals surface area contributed by atoms with Crippen molar-refractivity contribution in [2.75, 3.05) is 0 Å². The molecule has 1 rings (SSSR count). The van der Waals surface area contributed by atoms with Gasteiger partial charge in [0.15, 0.2) is 14.1 Å². The van der Waals surface area contributed by atoms with Crippen LogP contribution in [0.2, 0.25) is 18.1 Å². The predicted molar refractivity (Wildman–Crippen MR) is 74.6 cm³/mol. The fourth-order valence-electron chi connectivity index (χ4n) is 1.23. The molecule has 1 heterocycles. The summed E-state index contributed by atoms with van der Waals surface area (Å²) in [5.74, 6) is -0.350. The van der Waals surface area contributed by atoms with Crippen molar-refractivity contribution in [3.05, 3.63) is 27.8 Å². The third-order valence-electron chi connectivity index (χ3n) is 3.57. The first kappa shape index (κ1) is 15.9. The van der Waals surface area contributed by atoms with Crippen molar-refractivity contribution in [1.82, 2.24) is 0 Å². The Morgan fingerprint density at radius 1 is 1.37 bits per heavy atom. The van der Waals surface area contributed by atoms with E-state index in [-0.39, 0.29) is 17.4 Å². The first-order valence-electron chi connectivity index (χ1n) is 6.18. The van der Waals surface area contributed by atoms with Crippen LogP contribution in [0.3, 0.4) is 0 Å². The molecule has 6 heteroatoms. The lowest BCUT2D eigenvalue weighted by Crippen LogP contribution is -2.40. The highest BCUT2D eigenvalue weighted by molar-refractivity contribution is 6.74. The summed E-state index contributed by atoms with van der Waals surface area (Å²) in [6.45, 7) is 10.2. The molecule has 0 fully saturated rings. The molecule has 19 heavy (non-hydrogen) atoms. The van der Waals surface area contributed by atoms with Crippen LogP contribution in [0.1, 0.15) is 32.3 Å². The van der Waals surface area contributed by atoms with Crippen molar-refractivity contribution in [1.29, 1.82) is 0 Å². The Labute approximate surface area is 114 Å². The van der Waals surface area contributed by atoms with Crippen molar-refractivity contribution in [3.63, 3.8) is 0 Å². The molecule has 1 aromatic rings. The second-order valence-electron chi connectivity index (χ2n) is 6.06. The van der Waals surface area contributed by atoms with Gasteiger partial charge in [-0.2, -0.15) is 0 Å². The molecular formula is C13H22O5Si. The van der Waals surface area contributed by atoms with E-state index in [4.69, 9.17) is 13.9 Å². The van der Waals surface area contributed by atoms with Crippen LogP contribution in [-0.4, -0.2) is 18.5 Å². The molecule has 108 valence electrons. The molecule has 1 aromatic heterocycles. The number of hydrogen-bond acceptors (Lipinski definition) is 5. The summed E-state index contributed by atoms with van der Waals surface area (Å²) in [6, 6.07) is 1.20. The number of aliphatic hydroxyl groups is 1. The average molecular weight is 286 g/mol. The molecule has 0 bridgehead atoms. The van der Waals surface area contributed by atoms with Gasteiger partial charge in [0.25, 0.3) is 0 Å². The minimum absolute atomic E-state index is 0.0595. The lowest BCUT2D eigenvalue weighted by Gasteiger charge is -2.35. The minimum Gasteiger partial charge on any atom is -0.502 e. The summed E-state index contributed by atoms with van der Waals surface area (Å²) >= 11 is 0. The second-order valence-corrected chi connectivity index (χ2v) is 10.9. The Morgan fingerprint density at radius 3 is 2.42 bits per heavy atom. The minimum atomic E-state index is -1.93. The standard InChI is InChI=1S/C13H22O5Si/c1-13(2,3)19(4,5)17-8-9-6-10(15)12(16)11(7-14)18-9/h6,14,16H,7-8H2,1-5H3. The number of hydrogen-bond donors (Lipinski definition) is 2. The molecule has 0 spiro atoms. The number of aliphatic hydroxyl groups excluding tert-OH is 1. The molecule has 0 aromatic carbocycles. The van der Waals surface area contributed by atoms with E-state index in [9.17, 15) is 9.90 Å². The smallest absolute Gasteiger partial charge is 0.227 e. The van der Waals surface area contributed by atoms with Crippen molar-refractivity contribution in [2.24, 2.45) is 0 Å². The topological polar surface area (TPSA) is 79.9 Å². The first-order valence-corrected chi connectivity index (χ1v) is 9.09. The van der Waals surface area contributed by atoms with E-state index in [1.54, 1.807) is 0 Å². The lowest BCUT2D eigenvalue weighted by atomic mass is 10.2. The molecule has 0 aliphatic carbocycles. The van der Waals surface area contributed by atoms with E-state index in [0.717, 1.165) is 0 Å². The zero-order chi connectivity index (χ0) is 14.8. The average Bonchev–Trinajstić information content (AvgIpc) is 2.29. The SMILES string of the molecule is CC(C)(C)[Si](C)(C)OCc1cc(=O)c(O)c(CO)o1. The lowest BCUT2D eigenvalue weighted by molar-refractivity contribution is 0.202. The molecule has 2 N–H and O–H groups in total. The van der Waals surface area contributed by atoms with Gasteiger partial charge in [-0.25, -0.2) is 0 Å². The molecule has 0 unspecified atom stereocenters. The summed E-state index contributed by atoms with van der Waals surface area (Å²) in [6.07, 6.45) is 0. The quantitative estimate of drug-likeness (QED) is 0.831. The molecule has 0 amide bonds. The fourth-order valence-corrected chi connectivity index (χ4v) is 2.17. The molecular weight excluding hydrogens is 264 g/mol. The van der Waals surface area contributed by atoms with Gasteiger partial charge in [-0.05, 0) is 18.1 Å². The highest BCUT2D eigenvalue weighted by Crippen LogP contribution is 2.37. The molecule has 5 nitrogen and oxygen atoms in total. The van der Waals surface area contributed by atoms with Gasteiger partial charge in [-0.1, -0.05) is 20.8 Å². The summed E-state index contributed by atoms with van der Waals surface area (Å²) in [7, 11) is -1.93. The van der Waals surface area contributed by atoms with Gasteiger partial charge in [0, 0.05) is 6.07 Å². The summed E-state index contributed by atoms with van der Waals surface area (Å²) < 4.78 is 11.2. The molecule has 0 radical (unpaired) electrons. The highest BCUT2D eigenvalue weighted by atomic mass is 28.4. The van der Waals surface area contributed by atoms with E-state index in [0.29, 0.717) is 5.76 Å². The summed E-state index contributed by atoms with van der Waals surface area (Å²) in [5, 5.41) is 18.4. The van der Waals surface area contributed by atoms with Gasteiger partial charge >= 0.3 is 0 Å². The van der Waals surface area contributed by atoms with Crippen LogP contribution in [0.5, 0.6) is 5.75 Å². The normalized spacial score (nSPS) is 12.7. The summed E-state index contributed by atoms with van der Waals surface area (Å²) in [4.78, 5) is 11.5. The Kier molecular flexibility index (Phi) is 4.60. The van der Waals surface area contributed by atoms with Crippen molar-refractivity contribution >= 4 is 8.32 Å². The van der Waals surface area contributed by atoms with Crippen molar-refractivity contribution in [2.45, 2.75) is 52.1 Å². The van der Waals surface area contributed by atoms with Gasteiger partial charge in [-0.15, -0.1) is 0 Å². The van der Waals surface area contributed by atoms with Crippen LogP contribution < -0.4 is 5.43 Å². The fraction of sp³-hybridized carbons (Fsp3) is 0.615. The van der Waals surface area contributed by atoms with Crippen LogP contribution in [0.4, 0.5) is 0 Å². The van der Waals surface area contributed by atoms with E-state index in [1.807, 2.05) is 0 Å². The maximum absolute atomic E-state index is 11.5. The summed E-state index contributed by atoms with van der Waals surface area (Å²) in [5.41, 5.74) is -0.566. The largest absolute Gasteiger partial charge is 0.502 e. The molecule has 0 aliphatic rings. The Bertz CT molecular complexity index is 499. The zero-order valence-corrected chi connectivity index (χ0v) is 13.1. The number of aromatic hydroxyl groups is 1. The molecule has 0 saturated heterocycles. The van der Waals surface area contributed by atoms with Gasteiger partial charge < -0.3 is 19.1 Å². The van der Waals surface area contributed by atoms with Gasteiger partial charge in [0.2, 0.25) is 11.2 Å². The van der Waals surface area contributed by atoms with Crippen LogP contribution in [0.25, 0.3) is 0 Å². The third-order valence-corrected chi connectivity index (χ3v) is 8.05. The van der Waals surface area contributed by atoms with Crippen molar-refractivity contribution < 1.29 is 19.1 Å². The van der Waals surface area contributed by atoms with Crippen molar-refractivity contribution in [3.8, 4) is 5.75 Å². The second kappa shape index (κ2) is 5.48. The van der Waals surface area contributed by atoms with Gasteiger partial charge in [0.05, 0.1) is 6.61 Å². The molecule has 0 saturated carbocycles. The van der Waals surface area contributed by atoms with Gasteiger partial charge in [-0.3, -0.25) is 4.79 Å². The Morgan fingerprint density at radius 2 is 1.95 bits per heavy atom. The van der Waals surface area contributed by atoms with E-state index >= 15 is 0 Å². The maximum atomic E-state index is 11.5. The van der Waals surface area contributed by atoms with Gasteiger partial charge in [0.1, 0.15) is 12.4 Å². The first-order chi connectivity index (χ1) is 8.58. The van der Waals surface area contributed by atoms with E-state index in [1.165, 1.54) is 6.07 Å². The Hall–Kier alpha value is -1.11. The highest BCUT2D eigenvalue weighted by Gasteiger charge is 2.37. The van der Waals surface area contributed by atoms with Crippen LogP contribution in [0, 0.1) is 0 Å². The van der Waals surface area contributed by atoms with E-state index < -0.39 is 26.1 Å². The Balaban J connectivity index is 2.91. The molecule has 0 atom stereocenters. The zero-order valence-electron chi connectivity index (χ0n) is 12.1. The van der Waals surface area contributed by atoms with Crippen LogP contribution in [0.15, 0.2) is 15.3 Å². The molecule has 0 aliphatic heterocycles. The van der Waals surface area contributed by atoms with E-state index in [2.05, 4.69) is 33.9 Å². The monoisotopic (exact) mass is 286 g/mol. The number of rotatable bonds is 4. The predicted octanol–water partition coefficient (Wildman–Crippen LogP) is 2.36.